The fraction of sp³-hybridized carbons (Fsp3) is 0.625. The van der Waals surface area contributed by atoms with Gasteiger partial charge in [0, 0.05) is 26.2 Å². The molecule has 0 saturated carbocycles. The van der Waals surface area contributed by atoms with Gasteiger partial charge in [-0.25, -0.2) is 0 Å². The number of carbonyl (C=O) groups excluding carboxylic acids is 1. The van der Waals surface area contributed by atoms with Gasteiger partial charge in [-0.05, 0) is 7.05 Å². The maximum atomic E-state index is 10.4. The highest BCUT2D eigenvalue weighted by molar-refractivity contribution is 5.69. The molecule has 0 bridgehead atoms. The first-order valence-electron chi connectivity index (χ1n) is 4.60. The fourth-order valence-corrected chi connectivity index (χ4v) is 1.47. The molecule has 1 aliphatic rings. The van der Waals surface area contributed by atoms with Crippen LogP contribution in [0.4, 0.5) is 5.95 Å². The van der Waals surface area contributed by atoms with E-state index in [0.717, 1.165) is 26.2 Å². The normalized spacial score (nSPS) is 18.5. The molecule has 0 radical (unpaired) electrons. The van der Waals surface area contributed by atoms with Gasteiger partial charge in [0.05, 0.1) is 0 Å². The number of H-pyrrole nitrogens is 1. The number of rotatable bonds is 2. The van der Waals surface area contributed by atoms with E-state index in [4.69, 9.17) is 0 Å². The second-order valence-electron chi connectivity index (χ2n) is 3.43. The molecule has 1 aliphatic heterocycles. The van der Waals surface area contributed by atoms with Crippen molar-refractivity contribution >= 4 is 12.2 Å². The van der Waals surface area contributed by atoms with Gasteiger partial charge >= 0.3 is 0 Å². The highest BCUT2D eigenvalue weighted by atomic mass is 16.1. The van der Waals surface area contributed by atoms with E-state index in [1.54, 1.807) is 0 Å². The summed E-state index contributed by atoms with van der Waals surface area (Å²) in [4.78, 5) is 18.8. The highest BCUT2D eigenvalue weighted by Crippen LogP contribution is 2.08. The van der Waals surface area contributed by atoms with Crippen LogP contribution < -0.4 is 4.90 Å². The molecule has 1 aromatic rings. The van der Waals surface area contributed by atoms with Gasteiger partial charge in [0.15, 0.2) is 12.1 Å². The zero-order chi connectivity index (χ0) is 9.97. The van der Waals surface area contributed by atoms with E-state index in [1.807, 2.05) is 0 Å². The highest BCUT2D eigenvalue weighted by Gasteiger charge is 2.17. The van der Waals surface area contributed by atoms with Gasteiger partial charge in [-0.3, -0.25) is 9.89 Å². The first-order chi connectivity index (χ1) is 6.79. The monoisotopic (exact) mass is 195 g/mol. The number of aromatic nitrogens is 3. The smallest absolute Gasteiger partial charge is 0.245 e. The molecular formula is C8H13N5O. The quantitative estimate of drug-likeness (QED) is 0.636. The van der Waals surface area contributed by atoms with Crippen LogP contribution in [-0.4, -0.2) is 59.6 Å². The van der Waals surface area contributed by atoms with Crippen molar-refractivity contribution in [2.75, 3.05) is 38.1 Å². The van der Waals surface area contributed by atoms with E-state index in [0.29, 0.717) is 18.1 Å². The number of hydrogen-bond acceptors (Lipinski definition) is 5. The summed E-state index contributed by atoms with van der Waals surface area (Å²) < 4.78 is 0. The Hall–Kier alpha value is -1.43. The molecule has 14 heavy (non-hydrogen) atoms. The van der Waals surface area contributed by atoms with Crippen LogP contribution in [0.3, 0.4) is 0 Å². The average molecular weight is 195 g/mol. The number of anilines is 1. The Kier molecular flexibility index (Phi) is 2.45. The van der Waals surface area contributed by atoms with Crippen molar-refractivity contribution in [2.45, 2.75) is 0 Å². The maximum absolute atomic E-state index is 10.4. The van der Waals surface area contributed by atoms with Crippen LogP contribution in [-0.2, 0) is 0 Å². The molecular weight excluding hydrogens is 182 g/mol. The van der Waals surface area contributed by atoms with Crippen molar-refractivity contribution in [3.8, 4) is 0 Å². The van der Waals surface area contributed by atoms with Crippen LogP contribution >= 0.6 is 0 Å². The number of nitrogens with zero attached hydrogens (tertiary/aromatic N) is 4. The molecule has 0 aliphatic carbocycles. The maximum Gasteiger partial charge on any atom is 0.245 e. The Morgan fingerprint density at radius 3 is 2.64 bits per heavy atom. The van der Waals surface area contributed by atoms with Crippen molar-refractivity contribution in [3.63, 3.8) is 0 Å². The van der Waals surface area contributed by atoms with Crippen molar-refractivity contribution in [2.24, 2.45) is 0 Å². The molecule has 0 amide bonds. The average Bonchev–Trinajstić information content (AvgIpc) is 2.67. The fourth-order valence-electron chi connectivity index (χ4n) is 1.47. The van der Waals surface area contributed by atoms with E-state index in [1.165, 1.54) is 0 Å². The van der Waals surface area contributed by atoms with Gasteiger partial charge in [-0.15, -0.1) is 5.10 Å². The van der Waals surface area contributed by atoms with Gasteiger partial charge in [-0.1, -0.05) is 0 Å². The van der Waals surface area contributed by atoms with Gasteiger partial charge in [0.2, 0.25) is 5.95 Å². The number of aldehydes is 1. The molecule has 0 spiro atoms. The van der Waals surface area contributed by atoms with Crippen molar-refractivity contribution in [3.05, 3.63) is 5.82 Å². The summed E-state index contributed by atoms with van der Waals surface area (Å²) in [5.74, 6) is 0.916. The Labute approximate surface area is 81.9 Å². The van der Waals surface area contributed by atoms with Gasteiger partial charge in [-0.2, -0.15) is 4.98 Å². The molecule has 1 aromatic heterocycles. The predicted molar refractivity (Wildman–Crippen MR) is 51.5 cm³/mol. The molecule has 0 aromatic carbocycles. The zero-order valence-corrected chi connectivity index (χ0v) is 8.10. The summed E-state index contributed by atoms with van der Waals surface area (Å²) in [7, 11) is 2.09. The summed E-state index contributed by atoms with van der Waals surface area (Å²) in [6, 6.07) is 0. The van der Waals surface area contributed by atoms with Gasteiger partial charge in [0.25, 0.3) is 0 Å². The lowest BCUT2D eigenvalue weighted by atomic mass is 10.3. The van der Waals surface area contributed by atoms with Crippen LogP contribution in [0.5, 0.6) is 0 Å². The second-order valence-corrected chi connectivity index (χ2v) is 3.43. The lowest BCUT2D eigenvalue weighted by Gasteiger charge is -2.31. The first kappa shape index (κ1) is 9.14. The number of likely N-dealkylation sites (N-methyl/N-ethyl adjacent to an activating group) is 1. The molecule has 0 unspecified atom stereocenters. The van der Waals surface area contributed by atoms with Crippen molar-refractivity contribution < 1.29 is 4.79 Å². The number of nitrogens with one attached hydrogen (secondary N) is 1. The lowest BCUT2D eigenvalue weighted by Crippen LogP contribution is -2.44. The molecule has 76 valence electrons. The number of hydrogen-bond donors (Lipinski definition) is 1. The molecule has 1 N–H and O–H groups in total. The SMILES string of the molecule is CN1CCN(c2n[nH]c(C=O)n2)CC1. The minimum Gasteiger partial charge on any atom is -0.337 e. The number of aromatic amines is 1. The topological polar surface area (TPSA) is 65.1 Å². The van der Waals surface area contributed by atoms with E-state index >= 15 is 0 Å². The molecule has 1 fully saturated rings. The molecule has 6 heteroatoms. The Balaban J connectivity index is 2.04. The third kappa shape index (κ3) is 1.74. The van der Waals surface area contributed by atoms with Gasteiger partial charge < -0.3 is 9.80 Å². The summed E-state index contributed by atoms with van der Waals surface area (Å²) in [6.07, 6.45) is 0.673. The van der Waals surface area contributed by atoms with Crippen LogP contribution in [0.15, 0.2) is 0 Å². The van der Waals surface area contributed by atoms with Crippen LogP contribution in [0.2, 0.25) is 0 Å². The molecule has 1 saturated heterocycles. The Morgan fingerprint density at radius 2 is 2.07 bits per heavy atom. The molecule has 2 heterocycles. The second kappa shape index (κ2) is 3.75. The summed E-state index contributed by atoms with van der Waals surface area (Å²) >= 11 is 0. The molecule has 0 atom stereocenters. The lowest BCUT2D eigenvalue weighted by molar-refractivity contribution is 0.111. The molecule has 2 rings (SSSR count). The Bertz CT molecular complexity index is 315. The Morgan fingerprint density at radius 1 is 1.36 bits per heavy atom. The summed E-state index contributed by atoms with van der Waals surface area (Å²) in [6.45, 7) is 3.83. The first-order valence-corrected chi connectivity index (χ1v) is 4.60. The van der Waals surface area contributed by atoms with Gasteiger partial charge in [0.1, 0.15) is 0 Å². The summed E-state index contributed by atoms with van der Waals surface area (Å²) in [5.41, 5.74) is 0. The predicted octanol–water partition coefficient (Wildman–Crippen LogP) is -0.631. The third-order valence-corrected chi connectivity index (χ3v) is 2.39. The minimum absolute atomic E-state index is 0.291. The van der Waals surface area contributed by atoms with E-state index in [2.05, 4.69) is 32.0 Å². The standard InChI is InChI=1S/C8H13N5O/c1-12-2-4-13(5-3-12)8-9-7(6-14)10-11-8/h6H,2-5H2,1H3,(H,9,10,11). The van der Waals surface area contributed by atoms with E-state index in [9.17, 15) is 4.79 Å². The number of carbonyl (C=O) groups is 1. The van der Waals surface area contributed by atoms with Crippen LogP contribution in [0.25, 0.3) is 0 Å². The zero-order valence-electron chi connectivity index (χ0n) is 8.10. The van der Waals surface area contributed by atoms with Crippen molar-refractivity contribution in [1.82, 2.24) is 20.1 Å². The van der Waals surface area contributed by atoms with Crippen LogP contribution in [0, 0.1) is 0 Å². The van der Waals surface area contributed by atoms with Crippen molar-refractivity contribution in [1.29, 1.82) is 0 Å². The third-order valence-electron chi connectivity index (χ3n) is 2.39. The number of piperazine rings is 1. The largest absolute Gasteiger partial charge is 0.337 e. The van der Waals surface area contributed by atoms with E-state index in [-0.39, 0.29) is 0 Å². The summed E-state index contributed by atoms with van der Waals surface area (Å²) in [5, 5.41) is 6.56. The van der Waals surface area contributed by atoms with E-state index < -0.39 is 0 Å². The minimum atomic E-state index is 0.291. The molecule has 6 nitrogen and oxygen atoms in total. The van der Waals surface area contributed by atoms with Crippen LogP contribution in [0.1, 0.15) is 10.6 Å².